The van der Waals surface area contributed by atoms with Crippen LogP contribution in [0, 0.1) is 12.3 Å². The summed E-state index contributed by atoms with van der Waals surface area (Å²) in [6, 6.07) is 2.34. The van der Waals surface area contributed by atoms with Gasteiger partial charge in [-0.1, -0.05) is 26.8 Å². The van der Waals surface area contributed by atoms with Gasteiger partial charge in [-0.15, -0.1) is 0 Å². The lowest BCUT2D eigenvalue weighted by molar-refractivity contribution is -0.137. The molecule has 0 bridgehead atoms. The van der Waals surface area contributed by atoms with Crippen molar-refractivity contribution in [2.45, 2.75) is 39.9 Å². The Kier molecular flexibility index (Phi) is 4.10. The summed E-state index contributed by atoms with van der Waals surface area (Å²) in [4.78, 5) is 12.2. The van der Waals surface area contributed by atoms with Gasteiger partial charge in [-0.05, 0) is 30.0 Å². The summed E-state index contributed by atoms with van der Waals surface area (Å²) in [5.74, 6) is -0.335. The third-order valence-corrected chi connectivity index (χ3v) is 3.03. The van der Waals surface area contributed by atoms with Gasteiger partial charge < -0.3 is 5.73 Å². The summed E-state index contributed by atoms with van der Waals surface area (Å²) in [5, 5.41) is 0. The van der Waals surface area contributed by atoms with Crippen LogP contribution in [0.2, 0.25) is 0 Å². The molecule has 0 spiro atoms. The molecule has 2 N–H and O–H groups in total. The lowest BCUT2D eigenvalue weighted by Gasteiger charge is -2.26. The molecule has 19 heavy (non-hydrogen) atoms. The molecule has 1 atom stereocenters. The minimum absolute atomic E-state index is 0.246. The van der Waals surface area contributed by atoms with Crippen molar-refractivity contribution in [2.24, 2.45) is 11.1 Å². The highest BCUT2D eigenvalue weighted by Gasteiger charge is 2.33. The van der Waals surface area contributed by atoms with Crippen LogP contribution < -0.4 is 5.73 Å². The number of rotatable bonds is 2. The molecule has 1 unspecified atom stereocenters. The maximum absolute atomic E-state index is 12.5. The maximum atomic E-state index is 12.5. The number of halogens is 3. The van der Waals surface area contributed by atoms with Crippen molar-refractivity contribution < 1.29 is 18.0 Å². The number of alkyl halides is 3. The Labute approximate surface area is 110 Å². The van der Waals surface area contributed by atoms with Crippen LogP contribution in [0.5, 0.6) is 0 Å². The summed E-state index contributed by atoms with van der Waals surface area (Å²) < 4.78 is 37.6. The van der Waals surface area contributed by atoms with Crippen LogP contribution in [-0.2, 0) is 6.18 Å². The number of carbonyl (C=O) groups excluding carboxylic acids is 1. The number of hydrogen-bond donors (Lipinski definition) is 1. The van der Waals surface area contributed by atoms with Gasteiger partial charge in [0.2, 0.25) is 0 Å². The fourth-order valence-corrected chi connectivity index (χ4v) is 1.68. The molecule has 106 valence electrons. The van der Waals surface area contributed by atoms with E-state index in [2.05, 4.69) is 0 Å². The molecule has 0 radical (unpaired) electrons. The second-order valence-corrected chi connectivity index (χ2v) is 5.74. The molecule has 0 heterocycles. The number of ketones is 1. The van der Waals surface area contributed by atoms with Gasteiger partial charge in [-0.2, -0.15) is 13.2 Å². The van der Waals surface area contributed by atoms with Crippen molar-refractivity contribution >= 4 is 5.78 Å². The predicted octanol–water partition coefficient (Wildman–Crippen LogP) is 3.57. The quantitative estimate of drug-likeness (QED) is 0.837. The standard InChI is InChI=1S/C14H18F3NO/c1-8-7-9(14(15,16)17)5-6-10(8)11(19)12(18)13(2,3)4/h5-7,12H,18H2,1-4H3. The van der Waals surface area contributed by atoms with Gasteiger partial charge in [0.15, 0.2) is 5.78 Å². The van der Waals surface area contributed by atoms with E-state index >= 15 is 0 Å². The maximum Gasteiger partial charge on any atom is 0.416 e. The van der Waals surface area contributed by atoms with Crippen LogP contribution in [0.3, 0.4) is 0 Å². The molecule has 2 nitrogen and oxygen atoms in total. The summed E-state index contributed by atoms with van der Waals surface area (Å²) in [7, 11) is 0. The number of nitrogens with two attached hydrogens (primary N) is 1. The SMILES string of the molecule is Cc1cc(C(F)(F)F)ccc1C(=O)C(N)C(C)(C)C. The van der Waals surface area contributed by atoms with Crippen LogP contribution in [0.1, 0.15) is 42.3 Å². The van der Waals surface area contributed by atoms with Gasteiger partial charge in [0.05, 0.1) is 11.6 Å². The smallest absolute Gasteiger partial charge is 0.321 e. The van der Waals surface area contributed by atoms with E-state index in [0.717, 1.165) is 12.1 Å². The zero-order valence-corrected chi connectivity index (χ0v) is 11.4. The number of hydrogen-bond acceptors (Lipinski definition) is 2. The van der Waals surface area contributed by atoms with E-state index in [-0.39, 0.29) is 11.3 Å². The predicted molar refractivity (Wildman–Crippen MR) is 67.9 cm³/mol. The summed E-state index contributed by atoms with van der Waals surface area (Å²) in [5.41, 5.74) is 5.19. The van der Waals surface area contributed by atoms with E-state index in [1.807, 2.05) is 20.8 Å². The van der Waals surface area contributed by atoms with Crippen molar-refractivity contribution in [3.8, 4) is 0 Å². The van der Waals surface area contributed by atoms with Gasteiger partial charge in [0, 0.05) is 5.56 Å². The molecule has 1 aromatic rings. The highest BCUT2D eigenvalue weighted by molar-refractivity contribution is 6.01. The van der Waals surface area contributed by atoms with Crippen molar-refractivity contribution in [3.05, 3.63) is 34.9 Å². The summed E-state index contributed by atoms with van der Waals surface area (Å²) in [6.07, 6.45) is -4.40. The Morgan fingerprint density at radius 1 is 1.21 bits per heavy atom. The summed E-state index contributed by atoms with van der Waals surface area (Å²) >= 11 is 0. The minimum Gasteiger partial charge on any atom is -0.321 e. The van der Waals surface area contributed by atoms with E-state index in [0.29, 0.717) is 5.56 Å². The van der Waals surface area contributed by atoms with Crippen molar-refractivity contribution in [1.29, 1.82) is 0 Å². The largest absolute Gasteiger partial charge is 0.416 e. The fraction of sp³-hybridized carbons (Fsp3) is 0.500. The molecular formula is C14H18F3NO. The zero-order valence-electron chi connectivity index (χ0n) is 11.4. The summed E-state index contributed by atoms with van der Waals surface area (Å²) in [6.45, 7) is 6.93. The Bertz CT molecular complexity index is 486. The number of Topliss-reactive ketones (excluding diaryl/α,β-unsaturated/α-hetero) is 1. The van der Waals surface area contributed by atoms with E-state index in [1.54, 1.807) is 0 Å². The van der Waals surface area contributed by atoms with Crippen LogP contribution in [0.4, 0.5) is 13.2 Å². The number of benzene rings is 1. The number of carbonyl (C=O) groups is 1. The van der Waals surface area contributed by atoms with Crippen LogP contribution in [-0.4, -0.2) is 11.8 Å². The first kappa shape index (κ1) is 15.7. The molecule has 0 saturated heterocycles. The van der Waals surface area contributed by atoms with Crippen LogP contribution in [0.25, 0.3) is 0 Å². The first-order chi connectivity index (χ1) is 8.44. The van der Waals surface area contributed by atoms with Crippen LogP contribution in [0.15, 0.2) is 18.2 Å². The van der Waals surface area contributed by atoms with E-state index < -0.39 is 23.2 Å². The second kappa shape index (κ2) is 4.96. The lowest BCUT2D eigenvalue weighted by Crippen LogP contribution is -2.42. The number of aryl methyl sites for hydroxylation is 1. The van der Waals surface area contributed by atoms with Crippen molar-refractivity contribution in [1.82, 2.24) is 0 Å². The van der Waals surface area contributed by atoms with Gasteiger partial charge in [-0.25, -0.2) is 0 Å². The molecule has 0 amide bonds. The Balaban J connectivity index is 3.14. The zero-order chi connectivity index (χ0) is 15.0. The Morgan fingerprint density at radius 3 is 2.11 bits per heavy atom. The molecule has 0 aliphatic rings. The molecular weight excluding hydrogens is 255 g/mol. The van der Waals surface area contributed by atoms with E-state index in [4.69, 9.17) is 5.73 Å². The lowest BCUT2D eigenvalue weighted by atomic mass is 9.82. The van der Waals surface area contributed by atoms with Crippen molar-refractivity contribution in [2.75, 3.05) is 0 Å². The van der Waals surface area contributed by atoms with Gasteiger partial charge in [0.25, 0.3) is 0 Å². The van der Waals surface area contributed by atoms with Gasteiger partial charge in [-0.3, -0.25) is 4.79 Å². The molecule has 1 rings (SSSR count). The van der Waals surface area contributed by atoms with Gasteiger partial charge in [0.1, 0.15) is 0 Å². The molecule has 0 aliphatic heterocycles. The molecule has 0 fully saturated rings. The molecule has 0 saturated carbocycles. The fourth-order valence-electron chi connectivity index (χ4n) is 1.68. The first-order valence-corrected chi connectivity index (χ1v) is 5.92. The topological polar surface area (TPSA) is 43.1 Å². The normalized spacial score (nSPS) is 14.3. The molecule has 1 aromatic carbocycles. The Morgan fingerprint density at radius 2 is 1.74 bits per heavy atom. The van der Waals surface area contributed by atoms with Crippen molar-refractivity contribution in [3.63, 3.8) is 0 Å². The molecule has 5 heteroatoms. The third-order valence-electron chi connectivity index (χ3n) is 3.03. The highest BCUT2D eigenvalue weighted by atomic mass is 19.4. The molecule has 0 aromatic heterocycles. The first-order valence-electron chi connectivity index (χ1n) is 5.92. The van der Waals surface area contributed by atoms with E-state index in [1.165, 1.54) is 13.0 Å². The highest BCUT2D eigenvalue weighted by Crippen LogP contribution is 2.31. The van der Waals surface area contributed by atoms with Gasteiger partial charge >= 0.3 is 6.18 Å². The second-order valence-electron chi connectivity index (χ2n) is 5.74. The minimum atomic E-state index is -4.40. The molecule has 0 aliphatic carbocycles. The van der Waals surface area contributed by atoms with E-state index in [9.17, 15) is 18.0 Å². The van der Waals surface area contributed by atoms with Crippen LogP contribution >= 0.6 is 0 Å². The average Bonchev–Trinajstić information content (AvgIpc) is 2.24. The third kappa shape index (κ3) is 3.56. The average molecular weight is 273 g/mol. The Hall–Kier alpha value is -1.36. The monoisotopic (exact) mass is 273 g/mol.